The van der Waals surface area contributed by atoms with Gasteiger partial charge in [-0.05, 0) is 56.0 Å². The van der Waals surface area contributed by atoms with E-state index in [0.29, 0.717) is 47.5 Å². The molecule has 128 valence electrons. The molecule has 1 aromatic heterocycles. The van der Waals surface area contributed by atoms with Gasteiger partial charge in [-0.25, -0.2) is 9.18 Å². The molecule has 2 aromatic rings. The molecular weight excluding hydrogens is 323 g/mol. The van der Waals surface area contributed by atoms with Crippen LogP contribution in [0.4, 0.5) is 10.1 Å². The highest BCUT2D eigenvalue weighted by Crippen LogP contribution is 2.45. The maximum absolute atomic E-state index is 13.7. The molecule has 0 unspecified atom stereocenters. The number of aromatic nitrogens is 1. The van der Waals surface area contributed by atoms with E-state index in [1.807, 2.05) is 11.5 Å². The zero-order valence-electron chi connectivity index (χ0n) is 13.9. The number of aromatic carboxylic acids is 1. The highest BCUT2D eigenvalue weighted by atomic mass is 19.1. The number of hydrogen-bond acceptors (Lipinski definition) is 2. The Kier molecular flexibility index (Phi) is 3.32. The Bertz CT molecular complexity index is 985. The maximum Gasteiger partial charge on any atom is 0.337 e. The van der Waals surface area contributed by atoms with Crippen LogP contribution in [0.3, 0.4) is 0 Å². The van der Waals surface area contributed by atoms with Crippen molar-refractivity contribution in [1.82, 2.24) is 4.57 Å². The molecule has 25 heavy (non-hydrogen) atoms. The van der Waals surface area contributed by atoms with Crippen molar-refractivity contribution in [1.29, 1.82) is 0 Å². The van der Waals surface area contributed by atoms with Crippen molar-refractivity contribution in [2.75, 3.05) is 5.32 Å². The molecule has 1 aliphatic heterocycles. The number of nitrogens with one attached hydrogen (secondary N) is 1. The smallest absolute Gasteiger partial charge is 0.337 e. The van der Waals surface area contributed by atoms with E-state index in [9.17, 15) is 19.1 Å². The minimum atomic E-state index is -0.950. The van der Waals surface area contributed by atoms with E-state index < -0.39 is 11.8 Å². The molecule has 4 rings (SSSR count). The second-order valence-corrected chi connectivity index (χ2v) is 6.33. The number of anilines is 1. The fourth-order valence-electron chi connectivity index (χ4n) is 4.12. The third-order valence-corrected chi connectivity index (χ3v) is 5.09. The zero-order chi connectivity index (χ0) is 17.9. The second-order valence-electron chi connectivity index (χ2n) is 6.33. The van der Waals surface area contributed by atoms with E-state index in [1.54, 1.807) is 13.0 Å². The van der Waals surface area contributed by atoms with Crippen molar-refractivity contribution in [3.05, 3.63) is 52.1 Å². The number of carbonyl (C=O) groups is 2. The predicted octanol–water partition coefficient (Wildman–Crippen LogP) is 3.46. The van der Waals surface area contributed by atoms with Gasteiger partial charge in [-0.15, -0.1) is 0 Å². The molecule has 5 nitrogen and oxygen atoms in total. The number of rotatable bonds is 2. The lowest BCUT2D eigenvalue weighted by molar-refractivity contribution is -0.110. The van der Waals surface area contributed by atoms with E-state index in [-0.39, 0.29) is 5.91 Å². The standard InChI is InChI=1S/C19H17FN2O3/c1-3-22-9(2)15(19(24)25)11-5-6-12(17(11)22)16-13-8-10(20)4-7-14(13)21-18(16)23/h4,7-8H,3,5-6H2,1-2H3,(H,21,23)(H,24,25)/b16-12-. The Balaban J connectivity index is 2.03. The van der Waals surface area contributed by atoms with Gasteiger partial charge >= 0.3 is 5.97 Å². The first-order valence-corrected chi connectivity index (χ1v) is 8.24. The van der Waals surface area contributed by atoms with Gasteiger partial charge in [0.15, 0.2) is 0 Å². The van der Waals surface area contributed by atoms with Gasteiger partial charge in [-0.3, -0.25) is 4.79 Å². The fraction of sp³-hybridized carbons (Fsp3) is 0.263. The van der Waals surface area contributed by atoms with Gasteiger partial charge in [-0.1, -0.05) is 0 Å². The van der Waals surface area contributed by atoms with Crippen molar-refractivity contribution >= 4 is 28.7 Å². The molecule has 6 heteroatoms. The summed E-state index contributed by atoms with van der Waals surface area (Å²) in [6.07, 6.45) is 1.14. The lowest BCUT2D eigenvalue weighted by Gasteiger charge is -2.11. The molecule has 2 heterocycles. The number of carboxylic acids is 1. The van der Waals surface area contributed by atoms with Gasteiger partial charge in [0.25, 0.3) is 5.91 Å². The average Bonchev–Trinajstić information content (AvgIpc) is 3.16. The molecule has 0 radical (unpaired) electrons. The van der Waals surface area contributed by atoms with Gasteiger partial charge in [0.1, 0.15) is 5.82 Å². The molecule has 0 fully saturated rings. The summed E-state index contributed by atoms with van der Waals surface area (Å²) in [5.41, 5.74) is 4.98. The minimum Gasteiger partial charge on any atom is -0.478 e. The quantitative estimate of drug-likeness (QED) is 0.823. The lowest BCUT2D eigenvalue weighted by atomic mass is 9.99. The molecule has 0 bridgehead atoms. The van der Waals surface area contributed by atoms with Crippen LogP contribution in [0.25, 0.3) is 11.1 Å². The number of amides is 1. The Morgan fingerprint density at radius 3 is 2.80 bits per heavy atom. The third kappa shape index (κ3) is 2.06. The minimum absolute atomic E-state index is 0.262. The van der Waals surface area contributed by atoms with Crippen LogP contribution < -0.4 is 5.32 Å². The molecule has 1 amide bonds. The molecule has 1 aromatic carbocycles. The van der Waals surface area contributed by atoms with E-state index >= 15 is 0 Å². The van der Waals surface area contributed by atoms with Crippen molar-refractivity contribution in [3.8, 4) is 0 Å². The van der Waals surface area contributed by atoms with Gasteiger partial charge < -0.3 is 15.0 Å². The van der Waals surface area contributed by atoms with Crippen molar-refractivity contribution in [3.63, 3.8) is 0 Å². The average molecular weight is 340 g/mol. The first kappa shape index (κ1) is 15.6. The number of carboxylic acid groups (broad SMARTS) is 1. The van der Waals surface area contributed by atoms with Gasteiger partial charge in [0.2, 0.25) is 0 Å². The Labute approximate surface area is 143 Å². The molecule has 0 saturated carbocycles. The molecule has 1 aliphatic carbocycles. The largest absolute Gasteiger partial charge is 0.478 e. The first-order chi connectivity index (χ1) is 11.9. The summed E-state index contributed by atoms with van der Waals surface area (Å²) in [5.74, 6) is -1.61. The SMILES string of the molecule is CCn1c(C)c(C(=O)O)c2c1/C(=C1\C(=O)Nc3ccc(F)cc31)CC2. The normalized spacial score (nSPS) is 18.3. The molecule has 0 spiro atoms. The Hall–Kier alpha value is -2.89. The number of hydrogen-bond donors (Lipinski definition) is 2. The molecule has 2 aliphatic rings. The van der Waals surface area contributed by atoms with Crippen molar-refractivity contribution < 1.29 is 19.1 Å². The molecule has 2 N–H and O–H groups in total. The summed E-state index contributed by atoms with van der Waals surface area (Å²) in [6, 6.07) is 4.23. The van der Waals surface area contributed by atoms with Gasteiger partial charge in [-0.2, -0.15) is 0 Å². The summed E-state index contributed by atoms with van der Waals surface area (Å²) in [5, 5.41) is 12.4. The predicted molar refractivity (Wildman–Crippen MR) is 92.0 cm³/mol. The molecule has 0 atom stereocenters. The highest BCUT2D eigenvalue weighted by molar-refractivity contribution is 6.37. The maximum atomic E-state index is 13.7. The molecule has 0 saturated heterocycles. The van der Waals surface area contributed by atoms with Crippen LogP contribution >= 0.6 is 0 Å². The van der Waals surface area contributed by atoms with Crippen LogP contribution in [0.2, 0.25) is 0 Å². The van der Waals surface area contributed by atoms with Crippen molar-refractivity contribution in [2.24, 2.45) is 0 Å². The highest BCUT2D eigenvalue weighted by Gasteiger charge is 2.36. The number of carbonyl (C=O) groups excluding carboxylic acids is 1. The monoisotopic (exact) mass is 340 g/mol. The summed E-state index contributed by atoms with van der Waals surface area (Å²) < 4.78 is 15.7. The Morgan fingerprint density at radius 1 is 1.36 bits per heavy atom. The molecular formula is C19H17FN2O3. The van der Waals surface area contributed by atoms with Crippen LogP contribution in [0, 0.1) is 12.7 Å². The van der Waals surface area contributed by atoms with Crippen LogP contribution in [-0.2, 0) is 17.8 Å². The van der Waals surface area contributed by atoms with Crippen LogP contribution in [0.5, 0.6) is 0 Å². The summed E-state index contributed by atoms with van der Waals surface area (Å²) in [7, 11) is 0. The van der Waals surface area contributed by atoms with E-state index in [1.165, 1.54) is 12.1 Å². The zero-order valence-corrected chi connectivity index (χ0v) is 13.9. The van der Waals surface area contributed by atoms with Crippen molar-refractivity contribution in [2.45, 2.75) is 33.2 Å². The lowest BCUT2D eigenvalue weighted by Crippen LogP contribution is -2.08. The first-order valence-electron chi connectivity index (χ1n) is 8.24. The number of nitrogens with zero attached hydrogens (tertiary/aromatic N) is 1. The van der Waals surface area contributed by atoms with Crippen LogP contribution in [-0.4, -0.2) is 21.6 Å². The topological polar surface area (TPSA) is 71.3 Å². The van der Waals surface area contributed by atoms with Crippen LogP contribution in [0.1, 0.15) is 46.2 Å². The Morgan fingerprint density at radius 2 is 2.12 bits per heavy atom. The number of halogens is 1. The van der Waals surface area contributed by atoms with E-state index in [2.05, 4.69) is 5.32 Å². The summed E-state index contributed by atoms with van der Waals surface area (Å²) in [4.78, 5) is 24.2. The van der Waals surface area contributed by atoms with Gasteiger partial charge in [0.05, 0.1) is 11.1 Å². The second kappa shape index (κ2) is 5.31. The van der Waals surface area contributed by atoms with E-state index in [4.69, 9.17) is 0 Å². The fourth-order valence-corrected chi connectivity index (χ4v) is 4.12. The van der Waals surface area contributed by atoms with Gasteiger partial charge in [0, 0.05) is 29.2 Å². The third-order valence-electron chi connectivity index (χ3n) is 5.09. The number of benzene rings is 1. The summed E-state index contributed by atoms with van der Waals surface area (Å²) >= 11 is 0. The van der Waals surface area contributed by atoms with Crippen LogP contribution in [0.15, 0.2) is 18.2 Å². The number of allylic oxidation sites excluding steroid dienone is 1. The summed E-state index contributed by atoms with van der Waals surface area (Å²) in [6.45, 7) is 4.34. The van der Waals surface area contributed by atoms with E-state index in [0.717, 1.165) is 16.8 Å². The number of fused-ring (bicyclic) bond motifs is 2.